The number of phenolic OH excluding ortho intramolecular Hbond substituents is 1. The Morgan fingerprint density at radius 3 is 2.50 bits per heavy atom. The molecule has 4 rings (SSSR count). The van der Waals surface area contributed by atoms with E-state index in [0.29, 0.717) is 26.2 Å². The normalized spacial score (nSPS) is 15.8. The summed E-state index contributed by atoms with van der Waals surface area (Å²) in [4.78, 5) is 31.1. The first-order valence-electron chi connectivity index (χ1n) is 10.3. The fraction of sp³-hybridized carbons (Fsp3) is 0.208. The molecule has 2 aromatic carbocycles. The highest BCUT2D eigenvalue weighted by Crippen LogP contribution is 2.31. The number of nitrogens with zero attached hydrogens (tertiary/aromatic N) is 2. The summed E-state index contributed by atoms with van der Waals surface area (Å²) in [6.07, 6.45) is 1.62. The van der Waals surface area contributed by atoms with E-state index in [0.717, 1.165) is 11.3 Å². The van der Waals surface area contributed by atoms with E-state index in [9.17, 15) is 23.5 Å². The fourth-order valence-corrected chi connectivity index (χ4v) is 4.71. The summed E-state index contributed by atoms with van der Waals surface area (Å²) >= 11 is 1.15. The van der Waals surface area contributed by atoms with Gasteiger partial charge < -0.3 is 14.6 Å². The van der Waals surface area contributed by atoms with Crippen LogP contribution in [0.2, 0.25) is 0 Å². The monoisotopic (exact) mass is 486 g/mol. The molecular formula is C24H20F2N2O5S. The summed E-state index contributed by atoms with van der Waals surface area (Å²) in [7, 11) is 0. The molecule has 176 valence electrons. The Morgan fingerprint density at radius 1 is 1.21 bits per heavy atom. The second-order valence-corrected chi connectivity index (χ2v) is 8.35. The highest BCUT2D eigenvalue weighted by Gasteiger charge is 2.33. The number of allylic oxidation sites excluding steroid dienone is 1. The van der Waals surface area contributed by atoms with Crippen molar-refractivity contribution in [1.82, 2.24) is 4.57 Å². The summed E-state index contributed by atoms with van der Waals surface area (Å²) in [5.74, 6) is -0.518. The first-order valence-corrected chi connectivity index (χ1v) is 11.1. The first kappa shape index (κ1) is 23.4. The Labute approximate surface area is 196 Å². The molecule has 1 atom stereocenters. The van der Waals surface area contributed by atoms with E-state index in [-0.39, 0.29) is 29.2 Å². The zero-order chi connectivity index (χ0) is 24.4. The number of phenols is 1. The standard InChI is InChI=1S/C24H20F2N2O5S/c1-3-32-22(31)19-13(2)27-24-28(20(19)15-6-8-16(29)9-7-15)21(30)18(34-24)12-14-4-10-17(11-5-14)33-23(25)26/h4-12,20,23,29H,3H2,1-2H3/b18-12+/t20-/m0/s1. The average Bonchev–Trinajstić information content (AvgIpc) is 3.09. The number of fused-ring (bicyclic) bond motifs is 1. The van der Waals surface area contributed by atoms with E-state index in [4.69, 9.17) is 4.74 Å². The van der Waals surface area contributed by atoms with Crippen molar-refractivity contribution in [2.75, 3.05) is 6.61 Å². The van der Waals surface area contributed by atoms with Crippen molar-refractivity contribution in [1.29, 1.82) is 0 Å². The molecule has 1 aliphatic rings. The molecule has 0 fully saturated rings. The van der Waals surface area contributed by atoms with Crippen LogP contribution < -0.4 is 19.6 Å². The van der Waals surface area contributed by atoms with Gasteiger partial charge in [-0.05, 0) is 55.3 Å². The molecule has 0 aliphatic carbocycles. The van der Waals surface area contributed by atoms with Crippen LogP contribution >= 0.6 is 11.3 Å². The predicted molar refractivity (Wildman–Crippen MR) is 122 cm³/mol. The number of aromatic hydroxyl groups is 1. The Hall–Kier alpha value is -3.79. The molecule has 3 aromatic rings. The Kier molecular flexibility index (Phi) is 6.60. The molecule has 0 spiro atoms. The van der Waals surface area contributed by atoms with E-state index in [1.165, 1.54) is 28.8 Å². The minimum Gasteiger partial charge on any atom is -0.508 e. The molecule has 2 heterocycles. The second-order valence-electron chi connectivity index (χ2n) is 7.34. The number of alkyl halides is 2. The van der Waals surface area contributed by atoms with Crippen LogP contribution in [0.3, 0.4) is 0 Å². The number of benzene rings is 2. The van der Waals surface area contributed by atoms with E-state index in [2.05, 4.69) is 9.73 Å². The number of hydrogen-bond donors (Lipinski definition) is 1. The maximum atomic E-state index is 13.4. The van der Waals surface area contributed by atoms with Gasteiger partial charge in [0.25, 0.3) is 5.56 Å². The lowest BCUT2D eigenvalue weighted by atomic mass is 9.96. The van der Waals surface area contributed by atoms with Crippen LogP contribution in [0.4, 0.5) is 8.78 Å². The minimum atomic E-state index is -2.92. The molecule has 34 heavy (non-hydrogen) atoms. The van der Waals surface area contributed by atoms with Crippen molar-refractivity contribution in [3.63, 3.8) is 0 Å². The molecule has 0 unspecified atom stereocenters. The topological polar surface area (TPSA) is 90.1 Å². The van der Waals surface area contributed by atoms with Gasteiger partial charge in [0.2, 0.25) is 0 Å². The van der Waals surface area contributed by atoms with Crippen molar-refractivity contribution in [3.05, 3.63) is 90.6 Å². The zero-order valence-electron chi connectivity index (χ0n) is 18.2. The highest BCUT2D eigenvalue weighted by molar-refractivity contribution is 7.07. The van der Waals surface area contributed by atoms with Gasteiger partial charge in [0.15, 0.2) is 4.80 Å². The number of esters is 1. The molecule has 10 heteroatoms. The van der Waals surface area contributed by atoms with Gasteiger partial charge in [-0.15, -0.1) is 0 Å². The third-order valence-electron chi connectivity index (χ3n) is 5.13. The van der Waals surface area contributed by atoms with E-state index in [1.54, 1.807) is 44.2 Å². The number of hydrogen-bond acceptors (Lipinski definition) is 7. The SMILES string of the molecule is CCOC(=O)C1=C(C)N=c2s/c(=C/c3ccc(OC(F)F)cc3)c(=O)n2[C@H]1c1ccc(O)cc1. The lowest BCUT2D eigenvalue weighted by molar-refractivity contribution is -0.139. The second kappa shape index (κ2) is 9.60. The van der Waals surface area contributed by atoms with Gasteiger partial charge >= 0.3 is 12.6 Å². The third-order valence-corrected chi connectivity index (χ3v) is 6.11. The molecular weight excluding hydrogens is 466 g/mol. The lowest BCUT2D eigenvalue weighted by Crippen LogP contribution is -2.39. The maximum absolute atomic E-state index is 13.4. The number of ether oxygens (including phenoxy) is 2. The van der Waals surface area contributed by atoms with E-state index < -0.39 is 18.6 Å². The predicted octanol–water partition coefficient (Wildman–Crippen LogP) is 3.11. The molecule has 1 aliphatic heterocycles. The molecule has 0 amide bonds. The van der Waals surface area contributed by atoms with Gasteiger partial charge in [0.05, 0.1) is 28.5 Å². The van der Waals surface area contributed by atoms with E-state index in [1.807, 2.05) is 0 Å². The Morgan fingerprint density at radius 2 is 1.88 bits per heavy atom. The van der Waals surface area contributed by atoms with Gasteiger partial charge in [-0.3, -0.25) is 9.36 Å². The molecule has 0 saturated carbocycles. The first-order chi connectivity index (χ1) is 16.3. The quantitative estimate of drug-likeness (QED) is 0.541. The van der Waals surface area contributed by atoms with Gasteiger partial charge in [0, 0.05) is 0 Å². The summed E-state index contributed by atoms with van der Waals surface area (Å²) in [6, 6.07) is 11.3. The zero-order valence-corrected chi connectivity index (χ0v) is 19.0. The summed E-state index contributed by atoms with van der Waals surface area (Å²) in [6.45, 7) is 0.605. The van der Waals surface area contributed by atoms with Crippen LogP contribution in [0.1, 0.15) is 31.0 Å². The van der Waals surface area contributed by atoms with Gasteiger partial charge in [-0.2, -0.15) is 8.78 Å². The number of halogens is 2. The average molecular weight is 486 g/mol. The number of rotatable bonds is 6. The van der Waals surface area contributed by atoms with Crippen molar-refractivity contribution in [2.45, 2.75) is 26.5 Å². The largest absolute Gasteiger partial charge is 0.508 e. The number of aromatic nitrogens is 1. The van der Waals surface area contributed by atoms with Crippen molar-refractivity contribution in [2.24, 2.45) is 4.99 Å². The van der Waals surface area contributed by atoms with E-state index >= 15 is 0 Å². The van der Waals surface area contributed by atoms with Crippen LogP contribution in [0, 0.1) is 0 Å². The molecule has 1 aromatic heterocycles. The van der Waals surface area contributed by atoms with Crippen LogP contribution in [-0.2, 0) is 9.53 Å². The molecule has 1 N–H and O–H groups in total. The number of carbonyl (C=O) groups is 1. The number of carbonyl (C=O) groups excluding carboxylic acids is 1. The van der Waals surface area contributed by atoms with Crippen LogP contribution in [0.25, 0.3) is 6.08 Å². The summed E-state index contributed by atoms with van der Waals surface area (Å²) < 4.78 is 36.1. The highest BCUT2D eigenvalue weighted by atomic mass is 32.1. The van der Waals surface area contributed by atoms with Crippen molar-refractivity contribution in [3.8, 4) is 11.5 Å². The number of thiazole rings is 1. The molecule has 7 nitrogen and oxygen atoms in total. The molecule has 0 radical (unpaired) electrons. The minimum absolute atomic E-state index is 0.00985. The van der Waals surface area contributed by atoms with Crippen LogP contribution in [-0.4, -0.2) is 28.9 Å². The lowest BCUT2D eigenvalue weighted by Gasteiger charge is -2.24. The molecule has 0 bridgehead atoms. The smallest absolute Gasteiger partial charge is 0.387 e. The van der Waals surface area contributed by atoms with Crippen molar-refractivity contribution >= 4 is 23.4 Å². The third kappa shape index (κ3) is 4.62. The van der Waals surface area contributed by atoms with Gasteiger partial charge in [-0.1, -0.05) is 35.6 Å². The summed E-state index contributed by atoms with van der Waals surface area (Å²) in [5.41, 5.74) is 1.51. The maximum Gasteiger partial charge on any atom is 0.387 e. The van der Waals surface area contributed by atoms with Crippen LogP contribution in [0.15, 0.2) is 69.6 Å². The van der Waals surface area contributed by atoms with Gasteiger partial charge in [0.1, 0.15) is 11.5 Å². The van der Waals surface area contributed by atoms with Gasteiger partial charge in [-0.25, -0.2) is 9.79 Å². The summed E-state index contributed by atoms with van der Waals surface area (Å²) in [5, 5.41) is 9.71. The Balaban J connectivity index is 1.85. The van der Waals surface area contributed by atoms with Crippen molar-refractivity contribution < 1.29 is 28.2 Å². The molecule has 0 saturated heterocycles. The fourth-order valence-electron chi connectivity index (χ4n) is 3.66. The van der Waals surface area contributed by atoms with Crippen LogP contribution in [0.5, 0.6) is 11.5 Å². The Bertz CT molecular complexity index is 1420.